The largest absolute Gasteiger partial charge is 0.493 e. The number of nitrogens with zero attached hydrogens (tertiary/aromatic N) is 1. The van der Waals surface area contributed by atoms with E-state index in [9.17, 15) is 4.79 Å². The number of anilines is 1. The Bertz CT molecular complexity index is 724. The van der Waals surface area contributed by atoms with Gasteiger partial charge in [-0.25, -0.2) is 0 Å². The van der Waals surface area contributed by atoms with E-state index in [4.69, 9.17) is 9.47 Å². The summed E-state index contributed by atoms with van der Waals surface area (Å²) in [6, 6.07) is 11.8. The first-order chi connectivity index (χ1) is 10.6. The van der Waals surface area contributed by atoms with Crippen LogP contribution in [-0.4, -0.2) is 19.6 Å². The normalized spacial score (nSPS) is 14.1. The molecular formula is C18H19NO3. The van der Waals surface area contributed by atoms with Crippen molar-refractivity contribution in [1.82, 2.24) is 0 Å². The van der Waals surface area contributed by atoms with Gasteiger partial charge in [-0.05, 0) is 43.2 Å². The summed E-state index contributed by atoms with van der Waals surface area (Å²) in [7, 11) is 1.60. The fraction of sp³-hybridized carbons (Fsp3) is 0.278. The molecule has 1 heterocycles. The minimum atomic E-state index is -0.0542. The van der Waals surface area contributed by atoms with E-state index in [1.165, 1.54) is 11.1 Å². The first-order valence-electron chi connectivity index (χ1n) is 7.26. The van der Waals surface area contributed by atoms with Gasteiger partial charge >= 0.3 is 0 Å². The van der Waals surface area contributed by atoms with E-state index in [2.05, 4.69) is 13.8 Å². The molecule has 2 aromatic carbocycles. The molecule has 114 valence electrons. The molecule has 0 spiro atoms. The summed E-state index contributed by atoms with van der Waals surface area (Å²) in [5, 5.41) is 0. The van der Waals surface area contributed by atoms with Gasteiger partial charge in [0.05, 0.1) is 13.7 Å². The lowest BCUT2D eigenvalue weighted by Gasteiger charge is -2.21. The molecule has 0 atom stereocenters. The molecule has 0 aliphatic carbocycles. The topological polar surface area (TPSA) is 38.8 Å². The van der Waals surface area contributed by atoms with E-state index < -0.39 is 0 Å². The van der Waals surface area contributed by atoms with Crippen LogP contribution in [0.3, 0.4) is 0 Å². The average molecular weight is 297 g/mol. The highest BCUT2D eigenvalue weighted by Gasteiger charge is 2.25. The van der Waals surface area contributed by atoms with E-state index in [0.717, 1.165) is 11.3 Å². The predicted octanol–water partition coefficient (Wildman–Crippen LogP) is 3.24. The zero-order chi connectivity index (χ0) is 15.7. The number of hydrogen-bond acceptors (Lipinski definition) is 3. The number of fused-ring (bicyclic) bond motifs is 1. The molecule has 0 aromatic heterocycles. The van der Waals surface area contributed by atoms with Crippen molar-refractivity contribution in [2.75, 3.05) is 18.6 Å². The Morgan fingerprint density at radius 1 is 1.14 bits per heavy atom. The van der Waals surface area contributed by atoms with Gasteiger partial charge in [-0.15, -0.1) is 0 Å². The van der Waals surface area contributed by atoms with Crippen molar-refractivity contribution in [3.8, 4) is 11.5 Å². The molecule has 0 saturated heterocycles. The van der Waals surface area contributed by atoms with Gasteiger partial charge in [0.15, 0.2) is 18.1 Å². The van der Waals surface area contributed by atoms with Crippen LogP contribution in [0.1, 0.15) is 16.7 Å². The standard InChI is InChI=1S/C18H19NO3/c1-12-7-8-15(9-13(12)2)19-10-14-5-4-6-16(21-3)18(14)22-11-17(19)20/h4-9H,10-11H2,1-3H3. The fourth-order valence-corrected chi connectivity index (χ4v) is 2.61. The molecule has 0 saturated carbocycles. The molecular weight excluding hydrogens is 278 g/mol. The molecule has 1 aliphatic rings. The third-order valence-corrected chi connectivity index (χ3v) is 4.05. The Morgan fingerprint density at radius 2 is 1.95 bits per heavy atom. The summed E-state index contributed by atoms with van der Waals surface area (Å²) in [6.45, 7) is 4.61. The highest BCUT2D eigenvalue weighted by molar-refractivity contribution is 5.95. The Kier molecular flexibility index (Phi) is 3.75. The summed E-state index contributed by atoms with van der Waals surface area (Å²) in [6.07, 6.45) is 0. The summed E-state index contributed by atoms with van der Waals surface area (Å²) in [4.78, 5) is 14.2. The molecule has 4 heteroatoms. The van der Waals surface area contributed by atoms with Gasteiger partial charge in [0.25, 0.3) is 5.91 Å². The minimum absolute atomic E-state index is 0.0142. The maximum atomic E-state index is 12.4. The lowest BCUT2D eigenvalue weighted by molar-refractivity contribution is -0.120. The van der Waals surface area contributed by atoms with Crippen molar-refractivity contribution in [3.63, 3.8) is 0 Å². The van der Waals surface area contributed by atoms with Crippen molar-refractivity contribution in [1.29, 1.82) is 0 Å². The van der Waals surface area contributed by atoms with Gasteiger partial charge < -0.3 is 14.4 Å². The minimum Gasteiger partial charge on any atom is -0.493 e. The summed E-state index contributed by atoms with van der Waals surface area (Å²) in [5.74, 6) is 1.26. The second-order valence-corrected chi connectivity index (χ2v) is 5.49. The molecule has 4 nitrogen and oxygen atoms in total. The SMILES string of the molecule is COc1cccc2c1OCC(=O)N(c1ccc(C)c(C)c1)C2. The van der Waals surface area contributed by atoms with Crippen molar-refractivity contribution >= 4 is 11.6 Å². The van der Waals surface area contributed by atoms with Crippen LogP contribution in [0.4, 0.5) is 5.69 Å². The van der Waals surface area contributed by atoms with E-state index in [1.807, 2.05) is 36.4 Å². The van der Waals surface area contributed by atoms with Gasteiger partial charge in [-0.3, -0.25) is 4.79 Å². The van der Waals surface area contributed by atoms with Gasteiger partial charge in [0.1, 0.15) is 0 Å². The molecule has 22 heavy (non-hydrogen) atoms. The lowest BCUT2D eigenvalue weighted by atomic mass is 10.1. The molecule has 2 aromatic rings. The molecule has 0 N–H and O–H groups in total. The number of carbonyl (C=O) groups excluding carboxylic acids is 1. The number of benzene rings is 2. The summed E-state index contributed by atoms with van der Waals surface area (Å²) in [5.41, 5.74) is 4.22. The van der Waals surface area contributed by atoms with E-state index >= 15 is 0 Å². The maximum absolute atomic E-state index is 12.4. The van der Waals surface area contributed by atoms with Crippen LogP contribution in [0.25, 0.3) is 0 Å². The molecule has 0 fully saturated rings. The number of ether oxygens (including phenoxy) is 2. The number of para-hydroxylation sites is 1. The number of carbonyl (C=O) groups is 1. The summed E-state index contributed by atoms with van der Waals surface area (Å²) < 4.78 is 11.0. The van der Waals surface area contributed by atoms with E-state index in [-0.39, 0.29) is 12.5 Å². The number of methoxy groups -OCH3 is 1. The third kappa shape index (κ3) is 2.52. The summed E-state index contributed by atoms with van der Waals surface area (Å²) >= 11 is 0. The van der Waals surface area contributed by atoms with Crippen LogP contribution in [0.5, 0.6) is 11.5 Å². The van der Waals surface area contributed by atoms with Crippen LogP contribution in [0, 0.1) is 13.8 Å². The number of hydrogen-bond donors (Lipinski definition) is 0. The fourth-order valence-electron chi connectivity index (χ4n) is 2.61. The molecule has 0 bridgehead atoms. The van der Waals surface area contributed by atoms with Crippen LogP contribution in [0.15, 0.2) is 36.4 Å². The number of aryl methyl sites for hydroxylation is 2. The highest BCUT2D eigenvalue weighted by Crippen LogP contribution is 2.35. The number of amides is 1. The van der Waals surface area contributed by atoms with Crippen molar-refractivity contribution in [3.05, 3.63) is 53.1 Å². The van der Waals surface area contributed by atoms with Crippen molar-refractivity contribution in [2.45, 2.75) is 20.4 Å². The van der Waals surface area contributed by atoms with Crippen molar-refractivity contribution in [2.24, 2.45) is 0 Å². The van der Waals surface area contributed by atoms with Crippen molar-refractivity contribution < 1.29 is 14.3 Å². The third-order valence-electron chi connectivity index (χ3n) is 4.05. The smallest absolute Gasteiger partial charge is 0.265 e. The zero-order valence-electron chi connectivity index (χ0n) is 13.1. The zero-order valence-corrected chi connectivity index (χ0v) is 13.1. The van der Waals surface area contributed by atoms with Crippen LogP contribution in [-0.2, 0) is 11.3 Å². The lowest BCUT2D eigenvalue weighted by Crippen LogP contribution is -2.32. The molecule has 1 amide bonds. The molecule has 0 radical (unpaired) electrons. The Hall–Kier alpha value is -2.49. The van der Waals surface area contributed by atoms with Gasteiger partial charge in [-0.1, -0.05) is 18.2 Å². The van der Waals surface area contributed by atoms with Gasteiger partial charge in [-0.2, -0.15) is 0 Å². The Balaban J connectivity index is 2.01. The maximum Gasteiger partial charge on any atom is 0.265 e. The average Bonchev–Trinajstić information content (AvgIpc) is 2.69. The van der Waals surface area contributed by atoms with Gasteiger partial charge in [0, 0.05) is 11.3 Å². The molecule has 0 unspecified atom stereocenters. The second kappa shape index (κ2) is 5.72. The monoisotopic (exact) mass is 297 g/mol. The predicted molar refractivity (Wildman–Crippen MR) is 85.6 cm³/mol. The Morgan fingerprint density at radius 3 is 2.68 bits per heavy atom. The number of rotatable bonds is 2. The van der Waals surface area contributed by atoms with Crippen LogP contribution in [0.2, 0.25) is 0 Å². The van der Waals surface area contributed by atoms with Crippen LogP contribution >= 0.6 is 0 Å². The van der Waals surface area contributed by atoms with E-state index in [0.29, 0.717) is 18.0 Å². The first-order valence-corrected chi connectivity index (χ1v) is 7.26. The Labute approximate surface area is 130 Å². The quantitative estimate of drug-likeness (QED) is 0.854. The highest BCUT2D eigenvalue weighted by atomic mass is 16.5. The first kappa shape index (κ1) is 14.4. The van der Waals surface area contributed by atoms with Crippen LogP contribution < -0.4 is 14.4 Å². The second-order valence-electron chi connectivity index (χ2n) is 5.49. The van der Waals surface area contributed by atoms with Gasteiger partial charge in [0.2, 0.25) is 0 Å². The molecule has 1 aliphatic heterocycles. The molecule has 3 rings (SSSR count). The van der Waals surface area contributed by atoms with E-state index in [1.54, 1.807) is 12.0 Å².